The van der Waals surface area contributed by atoms with Gasteiger partial charge in [-0.15, -0.1) is 0 Å². The molecule has 1 aliphatic rings. The van der Waals surface area contributed by atoms with E-state index < -0.39 is 5.54 Å². The molecule has 1 aliphatic heterocycles. The van der Waals surface area contributed by atoms with Crippen LogP contribution in [0.1, 0.15) is 19.8 Å². The van der Waals surface area contributed by atoms with Gasteiger partial charge in [0.05, 0.1) is 7.11 Å². The summed E-state index contributed by atoms with van der Waals surface area (Å²) in [5.74, 6) is -0.148. The quantitative estimate of drug-likeness (QED) is 0.536. The minimum Gasteiger partial charge on any atom is -0.468 e. The first-order valence-electron chi connectivity index (χ1n) is 3.52. The van der Waals surface area contributed by atoms with E-state index in [1.54, 1.807) is 0 Å². The monoisotopic (exact) mass is 143 g/mol. The molecule has 1 rings (SSSR count). The average Bonchev–Trinajstić information content (AvgIpc) is 2.36. The third-order valence-corrected chi connectivity index (χ3v) is 2.00. The first-order valence-corrected chi connectivity index (χ1v) is 3.52. The zero-order valence-electron chi connectivity index (χ0n) is 6.44. The number of carbonyl (C=O) groups excluding carboxylic acids is 1. The van der Waals surface area contributed by atoms with Crippen molar-refractivity contribution in [2.24, 2.45) is 0 Å². The maximum absolute atomic E-state index is 11.1. The maximum Gasteiger partial charge on any atom is 0.325 e. The number of hydrogen-bond acceptors (Lipinski definition) is 3. The van der Waals surface area contributed by atoms with Crippen LogP contribution in [0.2, 0.25) is 0 Å². The van der Waals surface area contributed by atoms with E-state index in [0.29, 0.717) is 0 Å². The Hall–Kier alpha value is -0.570. The lowest BCUT2D eigenvalue weighted by Gasteiger charge is -2.19. The van der Waals surface area contributed by atoms with E-state index in [2.05, 4.69) is 10.1 Å². The summed E-state index contributed by atoms with van der Waals surface area (Å²) in [6.07, 6.45) is 1.95. The molecule has 0 aliphatic carbocycles. The summed E-state index contributed by atoms with van der Waals surface area (Å²) in [6, 6.07) is 0. The largest absolute Gasteiger partial charge is 0.468 e. The number of nitrogens with one attached hydrogen (secondary N) is 1. The minimum atomic E-state index is -0.408. The van der Waals surface area contributed by atoms with Crippen LogP contribution in [0.3, 0.4) is 0 Å². The Bertz CT molecular complexity index is 139. The van der Waals surface area contributed by atoms with Crippen LogP contribution in [0.15, 0.2) is 0 Å². The molecule has 0 amide bonds. The first-order chi connectivity index (χ1) is 4.69. The topological polar surface area (TPSA) is 38.3 Å². The van der Waals surface area contributed by atoms with Crippen molar-refractivity contribution >= 4 is 5.97 Å². The molecule has 1 fully saturated rings. The Kier molecular flexibility index (Phi) is 1.94. The van der Waals surface area contributed by atoms with Gasteiger partial charge in [0.2, 0.25) is 0 Å². The highest BCUT2D eigenvalue weighted by Crippen LogP contribution is 2.19. The Morgan fingerprint density at radius 2 is 2.40 bits per heavy atom. The van der Waals surface area contributed by atoms with E-state index in [1.165, 1.54) is 7.11 Å². The zero-order chi connectivity index (χ0) is 7.61. The van der Waals surface area contributed by atoms with E-state index in [-0.39, 0.29) is 5.97 Å². The predicted molar refractivity (Wildman–Crippen MR) is 37.7 cm³/mol. The van der Waals surface area contributed by atoms with Gasteiger partial charge in [0, 0.05) is 0 Å². The fourth-order valence-corrected chi connectivity index (χ4v) is 1.29. The van der Waals surface area contributed by atoms with Gasteiger partial charge in [-0.2, -0.15) is 0 Å². The van der Waals surface area contributed by atoms with Gasteiger partial charge in [0.25, 0.3) is 0 Å². The summed E-state index contributed by atoms with van der Waals surface area (Å²) in [4.78, 5) is 11.1. The summed E-state index contributed by atoms with van der Waals surface area (Å²) < 4.78 is 4.64. The van der Waals surface area contributed by atoms with Gasteiger partial charge >= 0.3 is 5.97 Å². The molecule has 1 saturated heterocycles. The molecule has 10 heavy (non-hydrogen) atoms. The van der Waals surface area contributed by atoms with Gasteiger partial charge in [-0.05, 0) is 26.3 Å². The second-order valence-corrected chi connectivity index (χ2v) is 2.85. The van der Waals surface area contributed by atoms with E-state index in [0.717, 1.165) is 19.4 Å². The van der Waals surface area contributed by atoms with E-state index >= 15 is 0 Å². The van der Waals surface area contributed by atoms with Crippen LogP contribution in [-0.2, 0) is 9.53 Å². The number of methoxy groups -OCH3 is 1. The smallest absolute Gasteiger partial charge is 0.325 e. The van der Waals surface area contributed by atoms with Crippen LogP contribution < -0.4 is 5.32 Å². The highest BCUT2D eigenvalue weighted by molar-refractivity contribution is 5.80. The molecule has 0 radical (unpaired) electrons. The second-order valence-electron chi connectivity index (χ2n) is 2.85. The molecule has 1 N–H and O–H groups in total. The number of rotatable bonds is 1. The third kappa shape index (κ3) is 1.14. The summed E-state index contributed by atoms with van der Waals surface area (Å²) in [5.41, 5.74) is -0.408. The normalized spacial score (nSPS) is 32.2. The summed E-state index contributed by atoms with van der Waals surface area (Å²) in [6.45, 7) is 2.80. The molecule has 0 spiro atoms. The van der Waals surface area contributed by atoms with E-state index in [9.17, 15) is 4.79 Å². The Balaban J connectivity index is 2.58. The number of ether oxygens (including phenoxy) is 1. The highest BCUT2D eigenvalue weighted by atomic mass is 16.5. The van der Waals surface area contributed by atoms with Crippen LogP contribution in [0, 0.1) is 0 Å². The van der Waals surface area contributed by atoms with Gasteiger partial charge in [0.15, 0.2) is 0 Å². The molecule has 0 bridgehead atoms. The summed E-state index contributed by atoms with van der Waals surface area (Å²) >= 11 is 0. The standard InChI is InChI=1S/C7H13NO2/c1-7(6(9)10-2)4-3-5-8-7/h8H,3-5H2,1-2H3/t7-/m1/s1. The van der Waals surface area contributed by atoms with Crippen molar-refractivity contribution in [1.29, 1.82) is 0 Å². The predicted octanol–water partition coefficient (Wildman–Crippen LogP) is 0.301. The molecular formula is C7H13NO2. The van der Waals surface area contributed by atoms with Crippen LogP contribution in [0.25, 0.3) is 0 Å². The fourth-order valence-electron chi connectivity index (χ4n) is 1.29. The molecule has 1 atom stereocenters. The highest BCUT2D eigenvalue weighted by Gasteiger charge is 2.36. The average molecular weight is 143 g/mol. The maximum atomic E-state index is 11.1. The molecule has 0 unspecified atom stereocenters. The van der Waals surface area contributed by atoms with Gasteiger partial charge in [0.1, 0.15) is 5.54 Å². The number of esters is 1. The van der Waals surface area contributed by atoms with Crippen molar-refractivity contribution in [3.8, 4) is 0 Å². The lowest BCUT2D eigenvalue weighted by molar-refractivity contribution is -0.147. The van der Waals surface area contributed by atoms with Crippen LogP contribution in [0.4, 0.5) is 0 Å². The van der Waals surface area contributed by atoms with Crippen LogP contribution >= 0.6 is 0 Å². The molecule has 0 aromatic heterocycles. The van der Waals surface area contributed by atoms with Crippen LogP contribution in [-0.4, -0.2) is 25.2 Å². The molecule has 0 saturated carbocycles. The van der Waals surface area contributed by atoms with E-state index in [1.807, 2.05) is 6.92 Å². The van der Waals surface area contributed by atoms with E-state index in [4.69, 9.17) is 0 Å². The SMILES string of the molecule is COC(=O)[C@@]1(C)CCCN1. The molecule has 3 nitrogen and oxygen atoms in total. The molecule has 0 aromatic rings. The van der Waals surface area contributed by atoms with Crippen molar-refractivity contribution in [2.75, 3.05) is 13.7 Å². The van der Waals surface area contributed by atoms with Crippen molar-refractivity contribution < 1.29 is 9.53 Å². The lowest BCUT2D eigenvalue weighted by atomic mass is 10.0. The van der Waals surface area contributed by atoms with Gasteiger partial charge < -0.3 is 10.1 Å². The summed E-state index contributed by atoms with van der Waals surface area (Å²) in [5, 5.41) is 3.11. The number of hydrogen-bond donors (Lipinski definition) is 1. The fraction of sp³-hybridized carbons (Fsp3) is 0.857. The second kappa shape index (κ2) is 2.58. The molecular weight excluding hydrogens is 130 g/mol. The lowest BCUT2D eigenvalue weighted by Crippen LogP contribution is -2.45. The molecule has 0 aromatic carbocycles. The Morgan fingerprint density at radius 1 is 1.70 bits per heavy atom. The summed E-state index contributed by atoms with van der Waals surface area (Å²) in [7, 11) is 1.42. The first kappa shape index (κ1) is 7.54. The van der Waals surface area contributed by atoms with Crippen LogP contribution in [0.5, 0.6) is 0 Å². The van der Waals surface area contributed by atoms with Crippen molar-refractivity contribution in [2.45, 2.75) is 25.3 Å². The zero-order valence-corrected chi connectivity index (χ0v) is 6.44. The van der Waals surface area contributed by atoms with Gasteiger partial charge in [-0.25, -0.2) is 0 Å². The van der Waals surface area contributed by atoms with Crippen molar-refractivity contribution in [3.05, 3.63) is 0 Å². The van der Waals surface area contributed by atoms with Crippen molar-refractivity contribution in [3.63, 3.8) is 0 Å². The Labute approximate surface area is 60.7 Å². The van der Waals surface area contributed by atoms with Crippen molar-refractivity contribution in [1.82, 2.24) is 5.32 Å². The molecule has 58 valence electrons. The molecule has 1 heterocycles. The minimum absolute atomic E-state index is 0.148. The molecule has 3 heteroatoms. The van der Waals surface area contributed by atoms with Gasteiger partial charge in [-0.3, -0.25) is 4.79 Å². The van der Waals surface area contributed by atoms with Gasteiger partial charge in [-0.1, -0.05) is 0 Å². The number of carbonyl (C=O) groups is 1. The Morgan fingerprint density at radius 3 is 2.80 bits per heavy atom. The third-order valence-electron chi connectivity index (χ3n) is 2.00.